The number of rotatable bonds is 8. The van der Waals surface area contributed by atoms with E-state index >= 15 is 0 Å². The van der Waals surface area contributed by atoms with Crippen LogP contribution < -0.4 is 16.8 Å². The lowest BCUT2D eigenvalue weighted by Gasteiger charge is -2.09. The van der Waals surface area contributed by atoms with E-state index in [4.69, 9.17) is 32.2 Å². The Morgan fingerprint density at radius 2 is 1.53 bits per heavy atom. The van der Waals surface area contributed by atoms with Gasteiger partial charge in [0.2, 0.25) is 0 Å². The van der Waals surface area contributed by atoms with Crippen LogP contribution in [0.1, 0.15) is 15.9 Å². The van der Waals surface area contributed by atoms with Gasteiger partial charge in [0.05, 0.1) is 22.1 Å². The van der Waals surface area contributed by atoms with Crippen LogP contribution in [-0.4, -0.2) is 57.0 Å². The van der Waals surface area contributed by atoms with Crippen LogP contribution in [-0.2, 0) is 35.8 Å². The van der Waals surface area contributed by atoms with Crippen molar-refractivity contribution >= 4 is 75.4 Å². The van der Waals surface area contributed by atoms with Crippen LogP contribution in [0.3, 0.4) is 0 Å². The van der Waals surface area contributed by atoms with Crippen molar-refractivity contribution in [3.8, 4) is 5.75 Å². The molecular weight excluding hydrogens is 646 g/mol. The number of carbonyl (C=O) groups is 1. The fourth-order valence-electron chi connectivity index (χ4n) is 3.79. The minimum atomic E-state index is -4.46. The predicted molar refractivity (Wildman–Crippen MR) is 163 cm³/mol. The average Bonchev–Trinajstić information content (AvgIpc) is 2.88. The Labute approximate surface area is 252 Å². The van der Waals surface area contributed by atoms with Gasteiger partial charge < -0.3 is 21.9 Å². The number of benzene rings is 4. The molecule has 0 heterocycles. The molecule has 0 spiro atoms. The molecule has 230 valence electrons. The van der Waals surface area contributed by atoms with Crippen molar-refractivity contribution in [2.24, 2.45) is 0 Å². The molecule has 13 nitrogen and oxygen atoms in total. The number of alkyl halides is 1. The molecule has 0 fully saturated rings. The van der Waals surface area contributed by atoms with E-state index in [1.54, 1.807) is 24.3 Å². The van der Waals surface area contributed by atoms with Gasteiger partial charge in [0.25, 0.3) is 26.1 Å². The third kappa shape index (κ3) is 9.28. The quantitative estimate of drug-likeness (QED) is 0.0897. The van der Waals surface area contributed by atoms with E-state index in [0.29, 0.717) is 22.0 Å². The van der Waals surface area contributed by atoms with Gasteiger partial charge in [-0.1, -0.05) is 18.2 Å². The van der Waals surface area contributed by atoms with Gasteiger partial charge in [0.15, 0.2) is 9.84 Å². The summed E-state index contributed by atoms with van der Waals surface area (Å²) < 4.78 is 85.7. The van der Waals surface area contributed by atoms with E-state index in [1.807, 2.05) is 0 Å². The van der Waals surface area contributed by atoms with Gasteiger partial charge in [-0.05, 0) is 59.5 Å². The molecule has 17 heteroatoms. The molecule has 0 saturated carbocycles. The van der Waals surface area contributed by atoms with Crippen molar-refractivity contribution in [3.63, 3.8) is 0 Å². The normalized spacial score (nSPS) is 11.9. The van der Waals surface area contributed by atoms with Crippen LogP contribution in [0.5, 0.6) is 5.75 Å². The Bertz CT molecular complexity index is 2020. The number of nitrogen functional groups attached to an aromatic ring is 2. The highest BCUT2D eigenvalue weighted by molar-refractivity contribution is 7.90. The minimum Gasteiger partial charge on any atom is -0.507 e. The second-order valence-electron chi connectivity index (χ2n) is 9.06. The van der Waals surface area contributed by atoms with Gasteiger partial charge in [-0.3, -0.25) is 13.9 Å². The number of aromatic hydroxyl groups is 1. The van der Waals surface area contributed by atoms with Crippen molar-refractivity contribution in [1.29, 1.82) is 0 Å². The standard InChI is InChI=1S/C16H17ClN2O6S2.C10H9NO4S/c17-6-7-26(21,22)10-11-2-1-3-12(8-11)16(20)19-13-4-5-15(14(18)9-13)27(23,24)25;11-7-2-1-6-3-8(16(13,14)15)5-10(12)9(6)4-7/h1-5,8-9H,6-7,10,18H2,(H,19,20)(H,23,24,25);1-5,12H,11H2,(H,13,14,15). The molecule has 0 aliphatic rings. The first-order valence-electron chi connectivity index (χ1n) is 11.9. The number of hydrogen-bond donors (Lipinski definition) is 6. The summed E-state index contributed by atoms with van der Waals surface area (Å²) in [6.07, 6.45) is 0. The highest BCUT2D eigenvalue weighted by Gasteiger charge is 2.17. The molecule has 0 aliphatic carbocycles. The van der Waals surface area contributed by atoms with Crippen LogP contribution >= 0.6 is 11.6 Å². The summed E-state index contributed by atoms with van der Waals surface area (Å²) in [4.78, 5) is 11.5. The molecule has 0 saturated heterocycles. The molecule has 0 radical (unpaired) electrons. The number of nitrogens with one attached hydrogen (secondary N) is 1. The average molecular weight is 672 g/mol. The smallest absolute Gasteiger partial charge is 0.296 e. The Kier molecular flexibility index (Phi) is 10.3. The van der Waals surface area contributed by atoms with Crippen LogP contribution in [0.4, 0.5) is 17.1 Å². The first-order valence-corrected chi connectivity index (χ1v) is 17.2. The third-order valence-electron chi connectivity index (χ3n) is 5.74. The van der Waals surface area contributed by atoms with Crippen molar-refractivity contribution < 1.29 is 44.3 Å². The number of phenols is 1. The van der Waals surface area contributed by atoms with E-state index in [2.05, 4.69) is 5.32 Å². The minimum absolute atomic E-state index is 0.0104. The van der Waals surface area contributed by atoms with E-state index in [9.17, 15) is 35.2 Å². The zero-order valence-electron chi connectivity index (χ0n) is 22.0. The number of amides is 1. The van der Waals surface area contributed by atoms with E-state index in [0.717, 1.165) is 12.1 Å². The summed E-state index contributed by atoms with van der Waals surface area (Å²) in [5.41, 5.74) is 12.2. The summed E-state index contributed by atoms with van der Waals surface area (Å²) in [7, 11) is -12.2. The highest BCUT2D eigenvalue weighted by Crippen LogP contribution is 2.30. The fourth-order valence-corrected chi connectivity index (χ4v) is 6.69. The number of sulfone groups is 1. The maximum absolute atomic E-state index is 12.4. The molecule has 4 aromatic rings. The Hall–Kier alpha value is -3.93. The molecule has 4 aromatic carbocycles. The van der Waals surface area contributed by atoms with Gasteiger partial charge in [-0.25, -0.2) is 8.42 Å². The summed E-state index contributed by atoms with van der Waals surface area (Å²) in [5, 5.41) is 13.1. The van der Waals surface area contributed by atoms with E-state index < -0.39 is 40.9 Å². The number of phenolic OH excluding ortho intramolecular Hbond substituents is 1. The van der Waals surface area contributed by atoms with Crippen molar-refractivity contribution in [2.45, 2.75) is 15.5 Å². The Morgan fingerprint density at radius 3 is 2.14 bits per heavy atom. The number of halogens is 1. The summed E-state index contributed by atoms with van der Waals surface area (Å²) in [6, 6.07) is 16.5. The van der Waals surface area contributed by atoms with Crippen LogP contribution in [0.25, 0.3) is 10.8 Å². The second kappa shape index (κ2) is 13.2. The number of fused-ring (bicyclic) bond motifs is 1. The zero-order chi connectivity index (χ0) is 32.2. The topological polar surface area (TPSA) is 244 Å². The molecule has 1 amide bonds. The number of anilines is 3. The number of carbonyl (C=O) groups excluding carboxylic acids is 1. The van der Waals surface area contributed by atoms with Crippen LogP contribution in [0.2, 0.25) is 0 Å². The van der Waals surface area contributed by atoms with Crippen LogP contribution in [0.15, 0.2) is 82.6 Å². The lowest BCUT2D eigenvalue weighted by Crippen LogP contribution is -2.14. The molecule has 8 N–H and O–H groups in total. The molecule has 0 aliphatic heterocycles. The lowest BCUT2D eigenvalue weighted by molar-refractivity contribution is 0.102. The second-order valence-corrected chi connectivity index (χ2v) is 14.4. The van der Waals surface area contributed by atoms with Crippen LogP contribution in [0, 0.1) is 0 Å². The SMILES string of the molecule is Nc1cc(NC(=O)c2cccc(CS(=O)(=O)CCCl)c2)ccc1S(=O)(=O)O.Nc1ccc2cc(S(=O)(=O)O)cc(O)c2c1. The molecular formula is C26H26ClN3O10S3. The zero-order valence-corrected chi connectivity index (χ0v) is 25.2. The van der Waals surface area contributed by atoms with Crippen molar-refractivity contribution in [1.82, 2.24) is 0 Å². The summed E-state index contributed by atoms with van der Waals surface area (Å²) in [5.74, 6) is -1.19. The molecule has 0 aromatic heterocycles. The van der Waals surface area contributed by atoms with E-state index in [-0.39, 0.29) is 45.0 Å². The maximum Gasteiger partial charge on any atom is 0.296 e. The molecule has 4 rings (SSSR count). The summed E-state index contributed by atoms with van der Waals surface area (Å²) >= 11 is 5.47. The Morgan fingerprint density at radius 1 is 0.837 bits per heavy atom. The van der Waals surface area contributed by atoms with Gasteiger partial charge in [0, 0.05) is 34.3 Å². The number of nitrogens with two attached hydrogens (primary N) is 2. The highest BCUT2D eigenvalue weighted by atomic mass is 35.5. The molecule has 43 heavy (non-hydrogen) atoms. The van der Waals surface area contributed by atoms with Gasteiger partial charge >= 0.3 is 0 Å². The lowest BCUT2D eigenvalue weighted by atomic mass is 10.1. The first-order chi connectivity index (χ1) is 19.9. The largest absolute Gasteiger partial charge is 0.507 e. The summed E-state index contributed by atoms with van der Waals surface area (Å²) in [6.45, 7) is 0. The fraction of sp³-hybridized carbons (Fsp3) is 0.115. The monoisotopic (exact) mass is 671 g/mol. The Balaban J connectivity index is 0.000000268. The predicted octanol–water partition coefficient (Wildman–Crippen LogP) is 3.30. The maximum atomic E-state index is 12.4. The van der Waals surface area contributed by atoms with Gasteiger partial charge in [0.1, 0.15) is 10.6 Å². The van der Waals surface area contributed by atoms with Crippen molar-refractivity contribution in [3.05, 3.63) is 83.9 Å². The first kappa shape index (κ1) is 33.6. The molecule has 0 bridgehead atoms. The molecule has 0 atom stereocenters. The van der Waals surface area contributed by atoms with Gasteiger partial charge in [-0.15, -0.1) is 11.6 Å². The van der Waals surface area contributed by atoms with Crippen molar-refractivity contribution in [2.75, 3.05) is 28.4 Å². The third-order valence-corrected chi connectivity index (χ3v) is 9.51. The van der Waals surface area contributed by atoms with Gasteiger partial charge in [-0.2, -0.15) is 16.8 Å². The van der Waals surface area contributed by atoms with E-state index in [1.165, 1.54) is 36.4 Å². The molecule has 0 unspecified atom stereocenters. The number of hydrogen-bond acceptors (Lipinski definition) is 10.